The van der Waals surface area contributed by atoms with E-state index >= 15 is 0 Å². The first-order valence-corrected chi connectivity index (χ1v) is 13.4. The highest BCUT2D eigenvalue weighted by Gasteiger charge is 2.29. The summed E-state index contributed by atoms with van der Waals surface area (Å²) >= 11 is 0. The van der Waals surface area contributed by atoms with E-state index in [-0.39, 0.29) is 0 Å². The third-order valence-electron chi connectivity index (χ3n) is 2.04. The van der Waals surface area contributed by atoms with E-state index in [1.807, 2.05) is 0 Å². The van der Waals surface area contributed by atoms with Crippen LogP contribution >= 0.6 is 30.4 Å². The van der Waals surface area contributed by atoms with Crippen LogP contribution in [-0.2, 0) is 22.9 Å². The zero-order valence-electron chi connectivity index (χ0n) is 12.4. The minimum absolute atomic E-state index is 0.397. The van der Waals surface area contributed by atoms with E-state index in [2.05, 4.69) is 4.62 Å². The van der Waals surface area contributed by atoms with Gasteiger partial charge in [0.1, 0.15) is 18.9 Å². The second-order valence-electron chi connectivity index (χ2n) is 4.90. The van der Waals surface area contributed by atoms with Crippen LogP contribution in [0.4, 0.5) is 0 Å². The second-order valence-corrected chi connectivity index (χ2v) is 11.5. The molecule has 0 heterocycles. The lowest BCUT2D eigenvalue weighted by Crippen LogP contribution is -2.36. The van der Waals surface area contributed by atoms with Gasteiger partial charge in [0.25, 0.3) is 0 Å². The van der Waals surface area contributed by atoms with E-state index in [1.165, 1.54) is 0 Å². The SMILES string of the molecule is CP(=O)(O)ON(CCN(CP(=O)(O)O)CP(=O)(O)O)CP(=O)(O)O. The molecule has 0 aliphatic rings. The van der Waals surface area contributed by atoms with Crippen molar-refractivity contribution in [3.63, 3.8) is 0 Å². The standard InChI is InChI=1S/C6H20N2O12P4/c1-21(9,10)20-8(6-24(17,18)19)3-2-7(4-22(11,12)13)5-23(14,15)16/h2-6H2,1H3,(H,9,10)(H2,11,12,13)(H2,14,15,16)(H2,17,18,19). The predicted octanol–water partition coefficient (Wildman–Crippen LogP) is -1.26. The van der Waals surface area contributed by atoms with Crippen molar-refractivity contribution in [2.24, 2.45) is 0 Å². The fourth-order valence-electron chi connectivity index (χ4n) is 1.52. The molecule has 7 N–H and O–H groups in total. The molecule has 0 fully saturated rings. The number of nitrogens with zero attached hydrogens (tertiary/aromatic N) is 2. The van der Waals surface area contributed by atoms with Crippen LogP contribution in [0.15, 0.2) is 0 Å². The molecule has 0 saturated carbocycles. The summed E-state index contributed by atoms with van der Waals surface area (Å²) in [5.41, 5.74) is 0. The first-order chi connectivity index (χ1) is 10.4. The minimum atomic E-state index is -4.71. The normalized spacial score (nSPS) is 16.6. The van der Waals surface area contributed by atoms with Gasteiger partial charge in [0.2, 0.25) is 0 Å². The maximum absolute atomic E-state index is 11.2. The van der Waals surface area contributed by atoms with Gasteiger partial charge in [-0.1, -0.05) is 0 Å². The van der Waals surface area contributed by atoms with Crippen LogP contribution in [0.5, 0.6) is 0 Å². The zero-order chi connectivity index (χ0) is 19.4. The predicted molar refractivity (Wildman–Crippen MR) is 81.0 cm³/mol. The minimum Gasteiger partial charge on any atom is -0.324 e. The van der Waals surface area contributed by atoms with E-state index in [9.17, 15) is 18.3 Å². The van der Waals surface area contributed by atoms with Crippen molar-refractivity contribution in [2.75, 3.05) is 38.6 Å². The topological polar surface area (TPSA) is 226 Å². The zero-order valence-corrected chi connectivity index (χ0v) is 16.0. The van der Waals surface area contributed by atoms with Gasteiger partial charge in [0.05, 0.1) is 0 Å². The molecule has 0 radical (unpaired) electrons. The molecule has 0 spiro atoms. The highest BCUT2D eigenvalue weighted by molar-refractivity contribution is 7.53. The summed E-state index contributed by atoms with van der Waals surface area (Å²) in [5, 5.41) is 0.397. The molecular weight excluding hydrogens is 416 g/mol. The maximum atomic E-state index is 11.2. The average molecular weight is 436 g/mol. The summed E-state index contributed by atoms with van der Waals surface area (Å²) in [7, 11) is -18.3. The van der Waals surface area contributed by atoms with Crippen LogP contribution < -0.4 is 0 Å². The van der Waals surface area contributed by atoms with Crippen LogP contribution in [0.1, 0.15) is 0 Å². The molecule has 0 saturated heterocycles. The lowest BCUT2D eigenvalue weighted by atomic mass is 10.6. The average Bonchev–Trinajstić information content (AvgIpc) is 2.16. The Morgan fingerprint density at radius 2 is 1.08 bits per heavy atom. The number of hydroxylamine groups is 2. The summed E-state index contributed by atoms with van der Waals surface area (Å²) in [5.74, 6) is 0. The lowest BCUT2D eigenvalue weighted by Gasteiger charge is -2.27. The quantitative estimate of drug-likeness (QED) is 0.148. The van der Waals surface area contributed by atoms with E-state index in [1.54, 1.807) is 0 Å². The van der Waals surface area contributed by atoms with Gasteiger partial charge in [0.15, 0.2) is 0 Å². The van der Waals surface area contributed by atoms with E-state index < -0.39 is 62.3 Å². The smallest absolute Gasteiger partial charge is 0.324 e. The largest absolute Gasteiger partial charge is 0.341 e. The Morgan fingerprint density at radius 1 is 0.708 bits per heavy atom. The molecule has 0 aromatic rings. The molecule has 0 rings (SSSR count). The molecule has 0 aliphatic heterocycles. The number of hydrogen-bond donors (Lipinski definition) is 7. The van der Waals surface area contributed by atoms with Crippen molar-refractivity contribution in [3.05, 3.63) is 0 Å². The monoisotopic (exact) mass is 436 g/mol. The van der Waals surface area contributed by atoms with Gasteiger partial charge < -0.3 is 34.3 Å². The fraction of sp³-hybridized carbons (Fsp3) is 1.00. The lowest BCUT2D eigenvalue weighted by molar-refractivity contribution is -0.0564. The van der Waals surface area contributed by atoms with Crippen molar-refractivity contribution in [2.45, 2.75) is 0 Å². The van der Waals surface area contributed by atoms with Crippen molar-refractivity contribution in [3.8, 4) is 0 Å². The van der Waals surface area contributed by atoms with Gasteiger partial charge in [-0.2, -0.15) is 5.06 Å². The Kier molecular flexibility index (Phi) is 9.14. The Labute approximate surface area is 137 Å². The molecular formula is C6H20N2O12P4. The van der Waals surface area contributed by atoms with Crippen LogP contribution in [0.3, 0.4) is 0 Å². The summed E-state index contributed by atoms with van der Waals surface area (Å²) < 4.78 is 48.6. The van der Waals surface area contributed by atoms with Gasteiger partial charge in [0, 0.05) is 19.8 Å². The molecule has 24 heavy (non-hydrogen) atoms. The van der Waals surface area contributed by atoms with Gasteiger partial charge >= 0.3 is 30.4 Å². The van der Waals surface area contributed by atoms with Crippen molar-refractivity contribution < 1.29 is 57.1 Å². The summed E-state index contributed by atoms with van der Waals surface area (Å²) in [6, 6.07) is 0. The summed E-state index contributed by atoms with van der Waals surface area (Å²) in [6.07, 6.45) is -3.18. The van der Waals surface area contributed by atoms with Gasteiger partial charge in [-0.25, -0.2) is 4.62 Å². The van der Waals surface area contributed by atoms with Crippen molar-refractivity contribution in [1.82, 2.24) is 9.96 Å². The number of rotatable bonds is 11. The van der Waals surface area contributed by atoms with Gasteiger partial charge in [-0.05, 0) is 0 Å². The third-order valence-corrected chi connectivity index (χ3v) is 4.80. The Hall–Kier alpha value is 0.520. The molecule has 18 heteroatoms. The first-order valence-electron chi connectivity index (χ1n) is 5.97. The van der Waals surface area contributed by atoms with Crippen LogP contribution in [0.2, 0.25) is 0 Å². The molecule has 14 nitrogen and oxygen atoms in total. The van der Waals surface area contributed by atoms with Crippen molar-refractivity contribution in [1.29, 1.82) is 0 Å². The van der Waals surface area contributed by atoms with Crippen LogP contribution in [-0.4, -0.2) is 82.8 Å². The molecule has 0 aromatic carbocycles. The van der Waals surface area contributed by atoms with Gasteiger partial charge in [-0.3, -0.25) is 23.2 Å². The Morgan fingerprint density at radius 3 is 1.38 bits per heavy atom. The summed E-state index contributed by atoms with van der Waals surface area (Å²) in [6.45, 7) is -0.345. The maximum Gasteiger partial charge on any atom is 0.341 e. The molecule has 0 aliphatic carbocycles. The summed E-state index contributed by atoms with van der Waals surface area (Å²) in [4.78, 5) is 63.0. The molecule has 1 atom stereocenters. The second kappa shape index (κ2) is 8.94. The first kappa shape index (κ1) is 24.5. The Bertz CT molecular complexity index is 486. The molecule has 146 valence electrons. The highest BCUT2D eigenvalue weighted by atomic mass is 31.2. The molecule has 0 amide bonds. The highest BCUT2D eigenvalue weighted by Crippen LogP contribution is 2.43. The van der Waals surface area contributed by atoms with E-state index in [0.717, 1.165) is 6.66 Å². The van der Waals surface area contributed by atoms with Gasteiger partial charge in [-0.15, -0.1) is 0 Å². The van der Waals surface area contributed by atoms with E-state index in [4.69, 9.17) is 34.3 Å². The molecule has 0 bridgehead atoms. The van der Waals surface area contributed by atoms with Crippen LogP contribution in [0.25, 0.3) is 0 Å². The fourth-order valence-corrected chi connectivity index (χ4v) is 4.47. The Balaban J connectivity index is 5.07. The van der Waals surface area contributed by atoms with Crippen LogP contribution in [0, 0.1) is 0 Å². The molecule has 1 unspecified atom stereocenters. The molecule has 0 aromatic heterocycles. The van der Waals surface area contributed by atoms with Crippen molar-refractivity contribution >= 4 is 30.4 Å². The third kappa shape index (κ3) is 16.0. The van der Waals surface area contributed by atoms with E-state index in [0.29, 0.717) is 9.96 Å². The number of hydrogen-bond acceptors (Lipinski definition) is 7.